The van der Waals surface area contributed by atoms with Gasteiger partial charge in [-0.25, -0.2) is 0 Å². The third-order valence-electron chi connectivity index (χ3n) is 8.91. The molecular formula is C41H27O3P. The second kappa shape index (κ2) is 9.82. The van der Waals surface area contributed by atoms with E-state index in [1.165, 1.54) is 0 Å². The molecule has 0 bridgehead atoms. The van der Waals surface area contributed by atoms with Crippen LogP contribution in [0.1, 0.15) is 5.56 Å². The maximum Gasteiger partial charge on any atom is 0.186 e. The normalized spacial score (nSPS) is 15.8. The fraction of sp³-hybridized carbons (Fsp3) is 0.0244. The van der Waals surface area contributed by atoms with E-state index in [1.54, 1.807) is 0 Å². The predicted molar refractivity (Wildman–Crippen MR) is 185 cm³/mol. The molecule has 2 aliphatic rings. The Bertz CT molecular complexity index is 2300. The molecule has 3 nitrogen and oxygen atoms in total. The summed E-state index contributed by atoms with van der Waals surface area (Å²) in [5.41, 5.74) is 7.51. The Hall–Kier alpha value is -5.37. The van der Waals surface area contributed by atoms with Gasteiger partial charge < -0.3 is 14.0 Å². The molecule has 0 spiro atoms. The van der Waals surface area contributed by atoms with Crippen LogP contribution in [0, 0.1) is 6.92 Å². The lowest BCUT2D eigenvalue weighted by molar-refractivity contribution is 0.462. The van der Waals surface area contributed by atoms with Crippen LogP contribution in [-0.4, -0.2) is 0 Å². The Balaban J connectivity index is 1.31. The van der Waals surface area contributed by atoms with E-state index in [4.69, 9.17) is 9.47 Å². The Morgan fingerprint density at radius 2 is 1.00 bits per heavy atom. The average Bonchev–Trinajstić information content (AvgIpc) is 3.08. The molecule has 2 heterocycles. The maximum absolute atomic E-state index is 15.8. The van der Waals surface area contributed by atoms with E-state index in [9.17, 15) is 0 Å². The summed E-state index contributed by atoms with van der Waals surface area (Å²) in [5.74, 6) is 2.42. The van der Waals surface area contributed by atoms with Crippen LogP contribution in [0.3, 0.4) is 0 Å². The maximum atomic E-state index is 15.8. The zero-order valence-corrected chi connectivity index (χ0v) is 25.4. The third-order valence-corrected chi connectivity index (χ3v) is 12.1. The zero-order valence-electron chi connectivity index (χ0n) is 24.5. The molecule has 4 heteroatoms. The van der Waals surface area contributed by atoms with Crippen molar-refractivity contribution in [2.75, 3.05) is 0 Å². The van der Waals surface area contributed by atoms with Gasteiger partial charge in [0.2, 0.25) is 0 Å². The molecule has 1 atom stereocenters. The predicted octanol–water partition coefficient (Wildman–Crippen LogP) is 10.0. The van der Waals surface area contributed by atoms with Gasteiger partial charge in [0.05, 0.1) is 10.6 Å². The number of fused-ring (bicyclic) bond motifs is 6. The molecule has 7 aromatic rings. The molecule has 9 rings (SSSR count). The van der Waals surface area contributed by atoms with E-state index in [1.807, 2.05) is 79.7 Å². The van der Waals surface area contributed by atoms with E-state index < -0.39 is 7.14 Å². The highest BCUT2D eigenvalue weighted by atomic mass is 31.2. The molecule has 214 valence electrons. The highest BCUT2D eigenvalue weighted by Crippen LogP contribution is 2.60. The van der Waals surface area contributed by atoms with Gasteiger partial charge in [-0.15, -0.1) is 0 Å². The number of hydrogen-bond donors (Lipinski definition) is 0. The minimum atomic E-state index is -3.36. The summed E-state index contributed by atoms with van der Waals surface area (Å²) < 4.78 is 29.1. The van der Waals surface area contributed by atoms with Gasteiger partial charge in [-0.1, -0.05) is 97.1 Å². The van der Waals surface area contributed by atoms with Crippen molar-refractivity contribution in [3.05, 3.63) is 151 Å². The smallest absolute Gasteiger partial charge is 0.186 e. The fourth-order valence-corrected chi connectivity index (χ4v) is 10.0. The van der Waals surface area contributed by atoms with Gasteiger partial charge in [0.15, 0.2) is 7.14 Å². The van der Waals surface area contributed by atoms with Gasteiger partial charge in [0.25, 0.3) is 0 Å². The Morgan fingerprint density at radius 3 is 1.67 bits per heavy atom. The van der Waals surface area contributed by atoms with Crippen molar-refractivity contribution in [3.63, 3.8) is 0 Å². The lowest BCUT2D eigenvalue weighted by atomic mass is 9.93. The molecule has 0 amide bonds. The minimum absolute atomic E-state index is 0.575. The Labute approximate surface area is 261 Å². The summed E-state index contributed by atoms with van der Waals surface area (Å²) in [7, 11) is -3.36. The zero-order chi connectivity index (χ0) is 30.1. The summed E-state index contributed by atoms with van der Waals surface area (Å²) in [6, 6.07) is 49.7. The highest BCUT2D eigenvalue weighted by molar-refractivity contribution is 7.86. The lowest BCUT2D eigenvalue weighted by Crippen LogP contribution is -2.35. The molecule has 0 saturated heterocycles. The SMILES string of the molecule is Cc1ccc2c(c1)Oc1cc(-c3cc(-c4ccccc4)cc(-c4ccccc4)c3)cc3c1P2(=O)c1c(ccc2ccccc12)O3. The van der Waals surface area contributed by atoms with Gasteiger partial charge in [-0.2, -0.15) is 0 Å². The first-order valence-electron chi connectivity index (χ1n) is 15.1. The number of hydrogen-bond acceptors (Lipinski definition) is 3. The minimum Gasteiger partial charge on any atom is -0.456 e. The highest BCUT2D eigenvalue weighted by Gasteiger charge is 2.47. The molecule has 0 aliphatic carbocycles. The van der Waals surface area contributed by atoms with Crippen LogP contribution in [-0.2, 0) is 4.57 Å². The van der Waals surface area contributed by atoms with Crippen LogP contribution in [0.5, 0.6) is 23.0 Å². The first kappa shape index (κ1) is 26.1. The van der Waals surface area contributed by atoms with Crippen molar-refractivity contribution in [2.24, 2.45) is 0 Å². The molecule has 0 fully saturated rings. The number of ether oxygens (including phenoxy) is 2. The Morgan fingerprint density at radius 1 is 0.444 bits per heavy atom. The van der Waals surface area contributed by atoms with Gasteiger partial charge >= 0.3 is 0 Å². The van der Waals surface area contributed by atoms with E-state index in [2.05, 4.69) is 72.8 Å². The van der Waals surface area contributed by atoms with Crippen molar-refractivity contribution < 1.29 is 14.0 Å². The summed E-state index contributed by atoms with van der Waals surface area (Å²) in [5, 5.41) is 4.06. The topological polar surface area (TPSA) is 35.5 Å². The van der Waals surface area contributed by atoms with Gasteiger partial charge in [0.1, 0.15) is 28.3 Å². The number of aryl methyl sites for hydroxylation is 1. The molecule has 0 aromatic heterocycles. The summed E-state index contributed by atoms with van der Waals surface area (Å²) in [6.07, 6.45) is 0. The molecule has 45 heavy (non-hydrogen) atoms. The second-order valence-electron chi connectivity index (χ2n) is 11.8. The first-order chi connectivity index (χ1) is 22.1. The molecule has 7 aromatic carbocycles. The van der Waals surface area contributed by atoms with E-state index in [0.29, 0.717) is 33.6 Å². The van der Waals surface area contributed by atoms with Crippen LogP contribution >= 0.6 is 7.14 Å². The second-order valence-corrected chi connectivity index (χ2v) is 14.4. The summed E-state index contributed by atoms with van der Waals surface area (Å²) >= 11 is 0. The molecule has 2 aliphatic heterocycles. The van der Waals surface area contributed by atoms with Gasteiger partial charge in [-0.05, 0) is 105 Å². The molecule has 0 radical (unpaired) electrons. The Kier molecular flexibility index (Phi) is 5.69. The average molecular weight is 599 g/mol. The standard InChI is InChI=1S/C41H27O3P/c1-26-16-19-39-36(20-26)44-38-25-33(24-37-41(38)45(39,42)40-34-15-9-8-14-29(34)17-18-35(40)43-37)32-22-30(27-10-4-2-5-11-27)21-31(23-32)28-12-6-3-7-13-28/h2-25H,1H3. The number of rotatable bonds is 3. The van der Waals surface area contributed by atoms with E-state index in [-0.39, 0.29) is 0 Å². The van der Waals surface area contributed by atoms with Gasteiger partial charge in [-0.3, -0.25) is 0 Å². The van der Waals surface area contributed by atoms with Crippen LogP contribution in [0.4, 0.5) is 0 Å². The van der Waals surface area contributed by atoms with Crippen molar-refractivity contribution in [3.8, 4) is 56.4 Å². The van der Waals surface area contributed by atoms with Crippen molar-refractivity contribution >= 4 is 33.8 Å². The van der Waals surface area contributed by atoms with Crippen LogP contribution < -0.4 is 25.4 Å². The summed E-state index contributed by atoms with van der Waals surface area (Å²) in [4.78, 5) is 0. The number of benzene rings is 7. The first-order valence-corrected chi connectivity index (χ1v) is 16.8. The summed E-state index contributed by atoms with van der Waals surface area (Å²) in [6.45, 7) is 2.03. The fourth-order valence-electron chi connectivity index (χ4n) is 6.80. The van der Waals surface area contributed by atoms with Crippen LogP contribution in [0.25, 0.3) is 44.2 Å². The van der Waals surface area contributed by atoms with Gasteiger partial charge in [0, 0.05) is 0 Å². The van der Waals surface area contributed by atoms with E-state index >= 15 is 4.57 Å². The third kappa shape index (κ3) is 4.01. The van der Waals surface area contributed by atoms with Crippen LogP contribution in [0.2, 0.25) is 0 Å². The van der Waals surface area contributed by atoms with Crippen molar-refractivity contribution in [2.45, 2.75) is 6.92 Å². The van der Waals surface area contributed by atoms with E-state index in [0.717, 1.165) is 55.0 Å². The largest absolute Gasteiger partial charge is 0.456 e. The molecule has 0 saturated carbocycles. The van der Waals surface area contributed by atoms with Crippen LogP contribution in [0.15, 0.2) is 146 Å². The monoisotopic (exact) mass is 598 g/mol. The lowest BCUT2D eigenvalue weighted by Gasteiger charge is -2.35. The van der Waals surface area contributed by atoms with Crippen molar-refractivity contribution in [1.29, 1.82) is 0 Å². The quantitative estimate of drug-likeness (QED) is 0.190. The molecule has 1 unspecified atom stereocenters. The molecular weight excluding hydrogens is 571 g/mol. The molecule has 0 N–H and O–H groups in total. The van der Waals surface area contributed by atoms with Crippen molar-refractivity contribution in [1.82, 2.24) is 0 Å².